The molecule has 0 saturated carbocycles. The van der Waals surface area contributed by atoms with E-state index in [0.29, 0.717) is 6.42 Å². The minimum absolute atomic E-state index is 0.139. The molecule has 0 aliphatic heterocycles. The summed E-state index contributed by atoms with van der Waals surface area (Å²) in [6.07, 6.45) is 4.16. The van der Waals surface area contributed by atoms with Crippen LogP contribution in [0.5, 0.6) is 0 Å². The first-order valence-electron chi connectivity index (χ1n) is 8.43. The van der Waals surface area contributed by atoms with E-state index in [-0.39, 0.29) is 11.9 Å². The van der Waals surface area contributed by atoms with E-state index in [0.717, 1.165) is 34.9 Å². The fourth-order valence-electron chi connectivity index (χ4n) is 3.73. The smallest absolute Gasteiger partial charge is 0.227 e. The highest BCUT2D eigenvalue weighted by Crippen LogP contribution is 2.35. The van der Waals surface area contributed by atoms with E-state index >= 15 is 0 Å². The number of rotatable bonds is 3. The zero-order chi connectivity index (χ0) is 16.7. The Morgan fingerprint density at radius 2 is 2.08 bits per heavy atom. The van der Waals surface area contributed by atoms with Crippen LogP contribution in [-0.2, 0) is 17.6 Å². The Hall–Kier alpha value is -2.55. The number of carbonyl (C=O) groups is 1. The molecule has 0 saturated heterocycles. The molecule has 4 rings (SSSR count). The molecule has 24 heavy (non-hydrogen) atoms. The number of amides is 1. The van der Waals surface area contributed by atoms with Crippen molar-refractivity contribution in [3.05, 3.63) is 71.0 Å². The van der Waals surface area contributed by atoms with Crippen molar-refractivity contribution in [1.82, 2.24) is 4.90 Å². The van der Waals surface area contributed by atoms with Crippen molar-refractivity contribution in [1.29, 1.82) is 0 Å². The van der Waals surface area contributed by atoms with Crippen LogP contribution in [-0.4, -0.2) is 17.9 Å². The first-order valence-corrected chi connectivity index (χ1v) is 8.43. The van der Waals surface area contributed by atoms with Gasteiger partial charge < -0.3 is 9.32 Å². The molecular weight excluding hydrogens is 298 g/mol. The van der Waals surface area contributed by atoms with E-state index in [4.69, 9.17) is 4.42 Å². The number of hydrogen-bond donors (Lipinski definition) is 0. The third-order valence-electron chi connectivity index (χ3n) is 5.12. The van der Waals surface area contributed by atoms with E-state index in [1.54, 1.807) is 6.26 Å². The highest BCUT2D eigenvalue weighted by atomic mass is 16.3. The molecule has 1 aromatic heterocycles. The van der Waals surface area contributed by atoms with Gasteiger partial charge in [-0.3, -0.25) is 4.79 Å². The molecule has 1 atom stereocenters. The van der Waals surface area contributed by atoms with E-state index in [1.807, 2.05) is 31.0 Å². The first-order chi connectivity index (χ1) is 11.6. The molecule has 1 heterocycles. The molecule has 0 fully saturated rings. The molecule has 2 aromatic carbocycles. The van der Waals surface area contributed by atoms with E-state index in [1.165, 1.54) is 11.1 Å². The maximum Gasteiger partial charge on any atom is 0.227 e. The Kier molecular flexibility index (Phi) is 3.64. The average molecular weight is 319 g/mol. The largest absolute Gasteiger partial charge is 0.464 e. The van der Waals surface area contributed by atoms with Crippen molar-refractivity contribution in [3.8, 4) is 0 Å². The highest BCUT2D eigenvalue weighted by molar-refractivity contribution is 5.88. The zero-order valence-corrected chi connectivity index (χ0v) is 14.1. The van der Waals surface area contributed by atoms with Crippen molar-refractivity contribution >= 4 is 16.9 Å². The number of nitrogens with zero attached hydrogens (tertiary/aromatic N) is 1. The van der Waals surface area contributed by atoms with Crippen LogP contribution in [0.25, 0.3) is 11.0 Å². The van der Waals surface area contributed by atoms with Crippen LogP contribution in [0.1, 0.15) is 34.7 Å². The summed E-state index contributed by atoms with van der Waals surface area (Å²) in [4.78, 5) is 14.7. The molecule has 1 amide bonds. The number of benzene rings is 2. The summed E-state index contributed by atoms with van der Waals surface area (Å²) in [5.41, 5.74) is 5.64. The van der Waals surface area contributed by atoms with Gasteiger partial charge in [-0.15, -0.1) is 0 Å². The maximum atomic E-state index is 12.8. The monoisotopic (exact) mass is 319 g/mol. The van der Waals surface area contributed by atoms with Gasteiger partial charge in [-0.2, -0.15) is 0 Å². The van der Waals surface area contributed by atoms with Crippen LogP contribution in [0.2, 0.25) is 0 Å². The molecule has 0 bridgehead atoms. The molecule has 1 aliphatic rings. The van der Waals surface area contributed by atoms with Gasteiger partial charge in [-0.1, -0.05) is 36.4 Å². The third kappa shape index (κ3) is 2.50. The molecule has 0 spiro atoms. The van der Waals surface area contributed by atoms with Crippen LogP contribution >= 0.6 is 0 Å². The second-order valence-electron chi connectivity index (χ2n) is 6.70. The number of furan rings is 1. The van der Waals surface area contributed by atoms with Gasteiger partial charge in [-0.25, -0.2) is 0 Å². The standard InChI is InChI=1S/C21H21NO2/c1-14-7-9-18-16(13-24-20(18)11-14)12-21(23)22(2)19-10-8-15-5-3-4-6-17(15)19/h3-7,9,11,13,19H,8,10,12H2,1-2H3. The molecule has 3 aromatic rings. The quantitative estimate of drug-likeness (QED) is 0.715. The summed E-state index contributed by atoms with van der Waals surface area (Å²) >= 11 is 0. The summed E-state index contributed by atoms with van der Waals surface area (Å²) in [7, 11) is 1.92. The van der Waals surface area contributed by atoms with E-state index < -0.39 is 0 Å². The predicted molar refractivity (Wildman–Crippen MR) is 94.9 cm³/mol. The molecule has 3 nitrogen and oxygen atoms in total. The molecule has 0 N–H and O–H groups in total. The second kappa shape index (κ2) is 5.82. The Bertz CT molecular complexity index is 909. The average Bonchev–Trinajstić information content (AvgIpc) is 3.18. The van der Waals surface area contributed by atoms with Crippen LogP contribution in [0, 0.1) is 6.92 Å². The first kappa shape index (κ1) is 15.0. The van der Waals surface area contributed by atoms with Crippen LogP contribution in [0.15, 0.2) is 53.1 Å². The van der Waals surface area contributed by atoms with Gasteiger partial charge in [0.25, 0.3) is 0 Å². The lowest BCUT2D eigenvalue weighted by atomic mass is 10.1. The SMILES string of the molecule is Cc1ccc2c(CC(=O)N(C)C3CCc4ccccc43)coc2c1. The number of likely N-dealkylation sites (N-methyl/N-ethyl adjacent to an activating group) is 1. The number of hydrogen-bond acceptors (Lipinski definition) is 2. The minimum Gasteiger partial charge on any atom is -0.464 e. The Morgan fingerprint density at radius 1 is 1.25 bits per heavy atom. The zero-order valence-electron chi connectivity index (χ0n) is 14.1. The molecular formula is C21H21NO2. The van der Waals surface area contributed by atoms with Crippen molar-refractivity contribution < 1.29 is 9.21 Å². The number of aryl methyl sites for hydroxylation is 2. The third-order valence-corrected chi connectivity index (χ3v) is 5.12. The molecule has 3 heteroatoms. The lowest BCUT2D eigenvalue weighted by Gasteiger charge is -2.25. The Labute approximate surface area is 141 Å². The fourth-order valence-corrected chi connectivity index (χ4v) is 3.73. The van der Waals surface area contributed by atoms with Crippen molar-refractivity contribution in [2.75, 3.05) is 7.05 Å². The summed E-state index contributed by atoms with van der Waals surface area (Å²) in [5.74, 6) is 0.139. The predicted octanol–water partition coefficient (Wildman–Crippen LogP) is 4.43. The van der Waals surface area contributed by atoms with Gasteiger partial charge in [0, 0.05) is 18.0 Å². The summed E-state index contributed by atoms with van der Waals surface area (Å²) in [6, 6.07) is 14.7. The highest BCUT2D eigenvalue weighted by Gasteiger charge is 2.28. The van der Waals surface area contributed by atoms with Gasteiger partial charge in [0.15, 0.2) is 0 Å². The topological polar surface area (TPSA) is 33.5 Å². The number of carbonyl (C=O) groups excluding carboxylic acids is 1. The van der Waals surface area contributed by atoms with Crippen LogP contribution in [0.4, 0.5) is 0 Å². The molecule has 1 aliphatic carbocycles. The molecule has 122 valence electrons. The van der Waals surface area contributed by atoms with Crippen molar-refractivity contribution in [2.24, 2.45) is 0 Å². The lowest BCUT2D eigenvalue weighted by molar-refractivity contribution is -0.131. The fraction of sp³-hybridized carbons (Fsp3) is 0.286. The van der Waals surface area contributed by atoms with Crippen molar-refractivity contribution in [2.45, 2.75) is 32.2 Å². The van der Waals surface area contributed by atoms with E-state index in [9.17, 15) is 4.79 Å². The second-order valence-corrected chi connectivity index (χ2v) is 6.70. The molecule has 1 unspecified atom stereocenters. The minimum atomic E-state index is 0.139. The normalized spacial score (nSPS) is 16.3. The van der Waals surface area contributed by atoms with Gasteiger partial charge in [0.05, 0.1) is 18.7 Å². The Balaban J connectivity index is 1.56. The van der Waals surface area contributed by atoms with Gasteiger partial charge in [0.1, 0.15) is 5.58 Å². The number of fused-ring (bicyclic) bond motifs is 2. The summed E-state index contributed by atoms with van der Waals surface area (Å²) in [6.45, 7) is 2.04. The summed E-state index contributed by atoms with van der Waals surface area (Å²) < 4.78 is 5.62. The maximum absolute atomic E-state index is 12.8. The van der Waals surface area contributed by atoms with Gasteiger partial charge in [0.2, 0.25) is 5.91 Å². The van der Waals surface area contributed by atoms with E-state index in [2.05, 4.69) is 30.3 Å². The Morgan fingerprint density at radius 3 is 2.96 bits per heavy atom. The van der Waals surface area contributed by atoms with Crippen LogP contribution in [0.3, 0.4) is 0 Å². The van der Waals surface area contributed by atoms with Crippen molar-refractivity contribution in [3.63, 3.8) is 0 Å². The van der Waals surface area contributed by atoms with Gasteiger partial charge in [-0.05, 0) is 42.5 Å². The molecule has 0 radical (unpaired) electrons. The summed E-state index contributed by atoms with van der Waals surface area (Å²) in [5, 5.41) is 1.04. The van der Waals surface area contributed by atoms with Gasteiger partial charge >= 0.3 is 0 Å². The lowest BCUT2D eigenvalue weighted by Crippen LogP contribution is -2.31. The van der Waals surface area contributed by atoms with Crippen LogP contribution < -0.4 is 0 Å².